The molecule has 0 bridgehead atoms. The Morgan fingerprint density at radius 3 is 2.65 bits per heavy atom. The number of halogens is 1. The van der Waals surface area contributed by atoms with Crippen molar-refractivity contribution in [3.8, 4) is 6.07 Å². The number of carboxylic acid groups (broad SMARTS) is 1. The Kier molecular flexibility index (Phi) is 4.63. The van der Waals surface area contributed by atoms with Crippen LogP contribution >= 0.6 is 15.9 Å². The van der Waals surface area contributed by atoms with E-state index in [4.69, 9.17) is 10.4 Å². The highest BCUT2D eigenvalue weighted by Gasteiger charge is 2.23. The molecule has 0 aliphatic heterocycles. The molecule has 0 heterocycles. The van der Waals surface area contributed by atoms with Gasteiger partial charge in [-0.25, -0.2) is 4.79 Å². The van der Waals surface area contributed by atoms with Gasteiger partial charge in [0.05, 0.1) is 24.2 Å². The maximum absolute atomic E-state index is 10.9. The molecule has 3 N–H and O–H groups in total. The normalized spacial score (nSPS) is 13.8. The van der Waals surface area contributed by atoms with Crippen molar-refractivity contribution in [1.29, 1.82) is 5.26 Å². The average Bonchev–Trinajstić information content (AvgIpc) is 2.27. The van der Waals surface area contributed by atoms with Gasteiger partial charge in [-0.3, -0.25) is 0 Å². The third-order valence-corrected chi connectivity index (χ3v) is 2.72. The summed E-state index contributed by atoms with van der Waals surface area (Å²) in [5.74, 6) is -1.20. The van der Waals surface area contributed by atoms with Gasteiger partial charge in [0.1, 0.15) is 6.10 Å². The lowest BCUT2D eigenvalue weighted by Gasteiger charge is -2.17. The van der Waals surface area contributed by atoms with E-state index in [0.29, 0.717) is 4.47 Å². The van der Waals surface area contributed by atoms with Gasteiger partial charge in [0.15, 0.2) is 0 Å². The molecular weight excluding hydrogens is 290 g/mol. The summed E-state index contributed by atoms with van der Waals surface area (Å²) in [4.78, 5) is 10.9. The van der Waals surface area contributed by atoms with E-state index in [1.54, 1.807) is 6.07 Å². The first-order valence-corrected chi connectivity index (χ1v) is 5.52. The van der Waals surface area contributed by atoms with Crippen molar-refractivity contribution in [2.45, 2.75) is 18.6 Å². The summed E-state index contributed by atoms with van der Waals surface area (Å²) in [6.07, 6.45) is -2.99. The van der Waals surface area contributed by atoms with Crippen LogP contribution in [-0.2, 0) is 0 Å². The zero-order valence-corrected chi connectivity index (χ0v) is 10.3. The lowest BCUT2D eigenvalue weighted by atomic mass is 9.97. The maximum Gasteiger partial charge on any atom is 0.336 e. The molecule has 0 saturated heterocycles. The SMILES string of the molecule is N#CCC(O)C(O)c1cc(Br)ccc1C(=O)O. The fraction of sp³-hybridized carbons (Fsp3) is 0.273. The molecule has 0 amide bonds. The number of aromatic carboxylic acids is 1. The molecule has 0 aliphatic rings. The minimum atomic E-state index is -1.40. The molecule has 6 heteroatoms. The first kappa shape index (κ1) is 13.6. The molecule has 90 valence electrons. The second-order valence-corrected chi connectivity index (χ2v) is 4.33. The fourth-order valence-corrected chi connectivity index (χ4v) is 1.76. The standard InChI is InChI=1S/C11H10BrNO4/c12-6-1-2-7(11(16)17)8(5-6)10(15)9(14)3-4-13/h1-2,5,9-10,14-15H,3H2,(H,16,17). The molecule has 0 saturated carbocycles. The van der Waals surface area contributed by atoms with Crippen LogP contribution in [0, 0.1) is 11.3 Å². The van der Waals surface area contributed by atoms with Crippen molar-refractivity contribution in [2.24, 2.45) is 0 Å². The highest BCUT2D eigenvalue weighted by Crippen LogP contribution is 2.26. The largest absolute Gasteiger partial charge is 0.478 e. The maximum atomic E-state index is 10.9. The fourth-order valence-electron chi connectivity index (χ4n) is 1.39. The molecule has 2 atom stereocenters. The lowest BCUT2D eigenvalue weighted by Crippen LogP contribution is -2.20. The van der Waals surface area contributed by atoms with Crippen LogP contribution in [0.5, 0.6) is 0 Å². The van der Waals surface area contributed by atoms with Crippen molar-refractivity contribution in [2.75, 3.05) is 0 Å². The topological polar surface area (TPSA) is 102 Å². The summed E-state index contributed by atoms with van der Waals surface area (Å²) in [6.45, 7) is 0. The second-order valence-electron chi connectivity index (χ2n) is 3.41. The van der Waals surface area contributed by atoms with Gasteiger partial charge in [0.25, 0.3) is 0 Å². The van der Waals surface area contributed by atoms with Crippen molar-refractivity contribution >= 4 is 21.9 Å². The van der Waals surface area contributed by atoms with Crippen LogP contribution in [0.4, 0.5) is 0 Å². The zero-order chi connectivity index (χ0) is 13.0. The average molecular weight is 300 g/mol. The van der Waals surface area contributed by atoms with E-state index in [1.807, 2.05) is 0 Å². The molecule has 1 aromatic rings. The molecule has 0 spiro atoms. The molecule has 0 radical (unpaired) electrons. The number of hydrogen-bond donors (Lipinski definition) is 3. The number of nitrogens with zero attached hydrogens (tertiary/aromatic N) is 1. The number of rotatable bonds is 4. The summed E-state index contributed by atoms with van der Waals surface area (Å²) in [7, 11) is 0. The highest BCUT2D eigenvalue weighted by atomic mass is 79.9. The van der Waals surface area contributed by atoms with E-state index in [-0.39, 0.29) is 17.5 Å². The zero-order valence-electron chi connectivity index (χ0n) is 8.67. The Morgan fingerprint density at radius 2 is 2.12 bits per heavy atom. The molecule has 2 unspecified atom stereocenters. The molecular formula is C11H10BrNO4. The molecule has 0 aliphatic carbocycles. The number of carbonyl (C=O) groups is 1. The van der Waals surface area contributed by atoms with Gasteiger partial charge in [-0.15, -0.1) is 0 Å². The van der Waals surface area contributed by atoms with Crippen molar-refractivity contribution < 1.29 is 20.1 Å². The molecule has 1 rings (SSSR count). The third-order valence-electron chi connectivity index (χ3n) is 2.23. The van der Waals surface area contributed by atoms with Crippen LogP contribution in [0.2, 0.25) is 0 Å². The van der Waals surface area contributed by atoms with E-state index in [9.17, 15) is 15.0 Å². The lowest BCUT2D eigenvalue weighted by molar-refractivity contribution is 0.0205. The molecule has 0 fully saturated rings. The number of aliphatic hydroxyl groups excluding tert-OH is 2. The van der Waals surface area contributed by atoms with E-state index in [1.165, 1.54) is 18.2 Å². The van der Waals surface area contributed by atoms with Crippen molar-refractivity contribution in [3.05, 3.63) is 33.8 Å². The number of benzene rings is 1. The van der Waals surface area contributed by atoms with Crippen LogP contribution in [0.25, 0.3) is 0 Å². The number of hydrogen-bond acceptors (Lipinski definition) is 4. The number of nitriles is 1. The molecule has 17 heavy (non-hydrogen) atoms. The predicted octanol–water partition coefficient (Wildman–Crippen LogP) is 1.46. The highest BCUT2D eigenvalue weighted by molar-refractivity contribution is 9.10. The summed E-state index contributed by atoms with van der Waals surface area (Å²) < 4.78 is 0.584. The number of aliphatic hydroxyl groups is 2. The first-order chi connectivity index (χ1) is 7.97. The second kappa shape index (κ2) is 5.77. The van der Waals surface area contributed by atoms with Crippen molar-refractivity contribution in [1.82, 2.24) is 0 Å². The van der Waals surface area contributed by atoms with Crippen LogP contribution in [0.1, 0.15) is 28.4 Å². The summed E-state index contributed by atoms with van der Waals surface area (Å²) in [5, 5.41) is 36.6. The van der Waals surface area contributed by atoms with Crippen LogP contribution in [0.15, 0.2) is 22.7 Å². The minimum Gasteiger partial charge on any atom is -0.478 e. The Bertz CT molecular complexity index is 469. The first-order valence-electron chi connectivity index (χ1n) is 4.73. The van der Waals surface area contributed by atoms with Gasteiger partial charge in [-0.05, 0) is 23.8 Å². The van der Waals surface area contributed by atoms with Crippen LogP contribution in [0.3, 0.4) is 0 Å². The van der Waals surface area contributed by atoms with E-state index in [2.05, 4.69) is 15.9 Å². The molecule has 5 nitrogen and oxygen atoms in total. The van der Waals surface area contributed by atoms with E-state index < -0.39 is 18.2 Å². The van der Waals surface area contributed by atoms with Gasteiger partial charge >= 0.3 is 5.97 Å². The van der Waals surface area contributed by atoms with Gasteiger partial charge in [0.2, 0.25) is 0 Å². The summed E-state index contributed by atoms with van der Waals surface area (Å²) in [6, 6.07) is 5.97. The Labute approximate surface area is 106 Å². The minimum absolute atomic E-state index is 0.0784. The van der Waals surface area contributed by atoms with Gasteiger partial charge in [-0.1, -0.05) is 15.9 Å². The Morgan fingerprint density at radius 1 is 1.47 bits per heavy atom. The summed E-state index contributed by atoms with van der Waals surface area (Å²) >= 11 is 3.15. The molecule has 1 aromatic carbocycles. The van der Waals surface area contributed by atoms with Crippen molar-refractivity contribution in [3.63, 3.8) is 0 Å². The Balaban J connectivity index is 3.15. The van der Waals surface area contributed by atoms with Gasteiger partial charge < -0.3 is 15.3 Å². The smallest absolute Gasteiger partial charge is 0.336 e. The van der Waals surface area contributed by atoms with Gasteiger partial charge in [-0.2, -0.15) is 5.26 Å². The quantitative estimate of drug-likeness (QED) is 0.781. The van der Waals surface area contributed by atoms with E-state index >= 15 is 0 Å². The van der Waals surface area contributed by atoms with E-state index in [0.717, 1.165) is 0 Å². The monoisotopic (exact) mass is 299 g/mol. The number of carboxylic acids is 1. The predicted molar refractivity (Wildman–Crippen MR) is 62.3 cm³/mol. The van der Waals surface area contributed by atoms with Gasteiger partial charge in [0, 0.05) is 4.47 Å². The Hall–Kier alpha value is -1.42. The van der Waals surface area contributed by atoms with Crippen LogP contribution in [-0.4, -0.2) is 27.4 Å². The van der Waals surface area contributed by atoms with Crippen LogP contribution < -0.4 is 0 Å². The third kappa shape index (κ3) is 3.27. The molecule has 0 aromatic heterocycles. The summed E-state index contributed by atoms with van der Waals surface area (Å²) in [5.41, 5.74) is -0.0210.